The van der Waals surface area contributed by atoms with E-state index in [2.05, 4.69) is 4.74 Å². The van der Waals surface area contributed by atoms with Crippen LogP contribution in [0, 0.1) is 17.2 Å². The SMILES string of the molecule is CCOC(=O)C(C#N)CCS(=O)(=O)C(C)C. The van der Waals surface area contributed by atoms with Gasteiger partial charge in [0.15, 0.2) is 9.84 Å². The molecule has 0 fully saturated rings. The number of carbonyl (C=O) groups excluding carboxylic acids is 1. The molecule has 16 heavy (non-hydrogen) atoms. The first-order valence-electron chi connectivity index (χ1n) is 5.13. The van der Waals surface area contributed by atoms with Crippen molar-refractivity contribution in [2.75, 3.05) is 12.4 Å². The summed E-state index contributed by atoms with van der Waals surface area (Å²) in [4.78, 5) is 11.2. The van der Waals surface area contributed by atoms with Gasteiger partial charge in [-0.15, -0.1) is 0 Å². The largest absolute Gasteiger partial charge is 0.465 e. The number of carbonyl (C=O) groups is 1. The monoisotopic (exact) mass is 247 g/mol. The second-order valence-electron chi connectivity index (χ2n) is 3.64. The van der Waals surface area contributed by atoms with Gasteiger partial charge in [-0.3, -0.25) is 4.79 Å². The Bertz CT molecular complexity index is 367. The van der Waals surface area contributed by atoms with Crippen LogP contribution in [0.4, 0.5) is 0 Å². The zero-order valence-corrected chi connectivity index (χ0v) is 10.6. The number of rotatable bonds is 6. The lowest BCUT2D eigenvalue weighted by Gasteiger charge is -2.10. The van der Waals surface area contributed by atoms with E-state index in [1.54, 1.807) is 26.8 Å². The molecule has 0 aliphatic rings. The van der Waals surface area contributed by atoms with Gasteiger partial charge in [-0.1, -0.05) is 0 Å². The van der Waals surface area contributed by atoms with Crippen molar-refractivity contribution in [3.8, 4) is 6.07 Å². The molecule has 0 saturated carbocycles. The van der Waals surface area contributed by atoms with Gasteiger partial charge in [-0.2, -0.15) is 5.26 Å². The zero-order valence-electron chi connectivity index (χ0n) is 9.76. The predicted molar refractivity (Wildman–Crippen MR) is 59.3 cm³/mol. The lowest BCUT2D eigenvalue weighted by Crippen LogP contribution is -2.23. The maximum absolute atomic E-state index is 11.5. The van der Waals surface area contributed by atoms with Gasteiger partial charge >= 0.3 is 5.97 Å². The summed E-state index contributed by atoms with van der Waals surface area (Å²) in [6.07, 6.45) is -0.00412. The van der Waals surface area contributed by atoms with Crippen LogP contribution in [0.3, 0.4) is 0 Å². The zero-order chi connectivity index (χ0) is 12.8. The lowest BCUT2D eigenvalue weighted by molar-refractivity contribution is -0.146. The molecule has 0 aromatic carbocycles. The van der Waals surface area contributed by atoms with Gasteiger partial charge in [0.25, 0.3) is 0 Å². The summed E-state index contributed by atoms with van der Waals surface area (Å²) in [5.74, 6) is -1.81. The minimum atomic E-state index is -3.21. The molecule has 0 rings (SSSR count). The molecule has 0 spiro atoms. The minimum Gasteiger partial charge on any atom is -0.465 e. The van der Waals surface area contributed by atoms with Gasteiger partial charge < -0.3 is 4.74 Å². The molecule has 0 aliphatic heterocycles. The van der Waals surface area contributed by atoms with Crippen molar-refractivity contribution in [2.24, 2.45) is 5.92 Å². The predicted octanol–water partition coefficient (Wildman–Crippen LogP) is 0.903. The van der Waals surface area contributed by atoms with E-state index in [4.69, 9.17) is 5.26 Å². The van der Waals surface area contributed by atoms with Crippen LogP contribution in [0.5, 0.6) is 0 Å². The van der Waals surface area contributed by atoms with Gasteiger partial charge in [0.05, 0.1) is 23.7 Å². The van der Waals surface area contributed by atoms with Crippen LogP contribution >= 0.6 is 0 Å². The quantitative estimate of drug-likeness (QED) is 0.651. The molecule has 0 aromatic heterocycles. The Hall–Kier alpha value is -1.09. The van der Waals surface area contributed by atoms with Crippen molar-refractivity contribution in [3.63, 3.8) is 0 Å². The van der Waals surface area contributed by atoms with Crippen LogP contribution in [0.1, 0.15) is 27.2 Å². The van der Waals surface area contributed by atoms with Gasteiger partial charge in [0.1, 0.15) is 5.92 Å². The van der Waals surface area contributed by atoms with E-state index < -0.39 is 27.0 Å². The number of hydrogen-bond donors (Lipinski definition) is 0. The molecule has 6 heteroatoms. The standard InChI is InChI=1S/C10H17NO4S/c1-4-15-10(12)9(7-11)5-6-16(13,14)8(2)3/h8-9H,4-6H2,1-3H3. The molecular formula is C10H17NO4S. The van der Waals surface area contributed by atoms with Crippen molar-refractivity contribution in [1.29, 1.82) is 5.26 Å². The van der Waals surface area contributed by atoms with E-state index in [0.29, 0.717) is 0 Å². The van der Waals surface area contributed by atoms with Crippen LogP contribution in [-0.4, -0.2) is 32.0 Å². The molecule has 0 aromatic rings. The average Bonchev–Trinajstić information content (AvgIpc) is 2.18. The number of sulfone groups is 1. The highest BCUT2D eigenvalue weighted by atomic mass is 32.2. The normalized spacial score (nSPS) is 13.2. The molecule has 1 unspecified atom stereocenters. The maximum Gasteiger partial charge on any atom is 0.323 e. The van der Waals surface area contributed by atoms with E-state index in [-0.39, 0.29) is 18.8 Å². The van der Waals surface area contributed by atoms with E-state index in [1.165, 1.54) is 0 Å². The fourth-order valence-corrected chi connectivity index (χ4v) is 2.03. The Balaban J connectivity index is 4.39. The maximum atomic E-state index is 11.5. The van der Waals surface area contributed by atoms with Crippen molar-refractivity contribution in [3.05, 3.63) is 0 Å². The molecule has 0 bridgehead atoms. The molecule has 92 valence electrons. The summed E-state index contributed by atoms with van der Waals surface area (Å²) >= 11 is 0. The van der Waals surface area contributed by atoms with Gasteiger partial charge in [-0.05, 0) is 27.2 Å². The third kappa shape index (κ3) is 4.62. The highest BCUT2D eigenvalue weighted by molar-refractivity contribution is 7.91. The summed E-state index contributed by atoms with van der Waals surface area (Å²) in [5.41, 5.74) is 0. The summed E-state index contributed by atoms with van der Waals surface area (Å²) < 4.78 is 27.6. The molecular weight excluding hydrogens is 230 g/mol. The Morgan fingerprint density at radius 3 is 2.38 bits per heavy atom. The highest BCUT2D eigenvalue weighted by Crippen LogP contribution is 2.10. The summed E-state index contributed by atoms with van der Waals surface area (Å²) in [7, 11) is -3.21. The number of ether oxygens (including phenoxy) is 1. The van der Waals surface area contributed by atoms with Gasteiger partial charge in [0, 0.05) is 0 Å². The van der Waals surface area contributed by atoms with Crippen LogP contribution in [0.25, 0.3) is 0 Å². The fraction of sp³-hybridized carbons (Fsp3) is 0.800. The Labute approximate surface area is 96.3 Å². The third-order valence-corrected chi connectivity index (χ3v) is 4.38. The molecule has 0 saturated heterocycles. The first-order valence-corrected chi connectivity index (χ1v) is 6.84. The van der Waals surface area contributed by atoms with E-state index in [1.807, 2.05) is 0 Å². The number of esters is 1. The first-order chi connectivity index (χ1) is 7.35. The summed E-state index contributed by atoms with van der Waals surface area (Å²) in [6.45, 7) is 4.97. The molecule has 0 radical (unpaired) electrons. The van der Waals surface area contributed by atoms with E-state index in [9.17, 15) is 13.2 Å². The first kappa shape index (κ1) is 14.9. The van der Waals surface area contributed by atoms with Crippen molar-refractivity contribution in [1.82, 2.24) is 0 Å². The molecule has 0 aliphatic carbocycles. The number of nitriles is 1. The van der Waals surface area contributed by atoms with Gasteiger partial charge in [-0.25, -0.2) is 8.42 Å². The number of nitrogens with zero attached hydrogens (tertiary/aromatic N) is 1. The second kappa shape index (κ2) is 6.48. The third-order valence-electron chi connectivity index (χ3n) is 2.14. The van der Waals surface area contributed by atoms with Crippen molar-refractivity contribution in [2.45, 2.75) is 32.4 Å². The Morgan fingerprint density at radius 2 is 2.00 bits per heavy atom. The minimum absolute atomic E-state index is 0.00412. The van der Waals surface area contributed by atoms with Crippen LogP contribution in [0.15, 0.2) is 0 Å². The summed E-state index contributed by atoms with van der Waals surface area (Å²) in [5, 5.41) is 8.22. The van der Waals surface area contributed by atoms with E-state index in [0.717, 1.165) is 0 Å². The van der Waals surface area contributed by atoms with E-state index >= 15 is 0 Å². The Kier molecular flexibility index (Phi) is 6.04. The van der Waals surface area contributed by atoms with Crippen molar-refractivity contribution >= 4 is 15.8 Å². The number of hydrogen-bond acceptors (Lipinski definition) is 5. The fourth-order valence-electron chi connectivity index (χ4n) is 0.996. The van der Waals surface area contributed by atoms with Gasteiger partial charge in [0.2, 0.25) is 0 Å². The van der Waals surface area contributed by atoms with Crippen molar-refractivity contribution < 1.29 is 17.9 Å². The molecule has 0 amide bonds. The Morgan fingerprint density at radius 1 is 1.44 bits per heavy atom. The molecule has 0 heterocycles. The second-order valence-corrected chi connectivity index (χ2v) is 6.31. The topological polar surface area (TPSA) is 84.2 Å². The summed E-state index contributed by atoms with van der Waals surface area (Å²) in [6, 6.07) is 1.76. The molecule has 1 atom stereocenters. The molecule has 5 nitrogen and oxygen atoms in total. The lowest BCUT2D eigenvalue weighted by atomic mass is 10.1. The molecule has 0 N–H and O–H groups in total. The van der Waals surface area contributed by atoms with Crippen LogP contribution < -0.4 is 0 Å². The van der Waals surface area contributed by atoms with Crippen LogP contribution in [0.2, 0.25) is 0 Å². The van der Waals surface area contributed by atoms with Crippen LogP contribution in [-0.2, 0) is 19.4 Å². The highest BCUT2D eigenvalue weighted by Gasteiger charge is 2.24. The average molecular weight is 247 g/mol. The smallest absolute Gasteiger partial charge is 0.323 e.